The molecule has 5 N–H and O–H groups in total. The maximum atomic E-state index is 11.4. The van der Waals surface area contributed by atoms with Crippen LogP contribution in [0.5, 0.6) is 28.7 Å². The van der Waals surface area contributed by atoms with Gasteiger partial charge in [0.2, 0.25) is 11.5 Å². The van der Waals surface area contributed by atoms with Crippen molar-refractivity contribution in [1.29, 1.82) is 0 Å². The molecule has 0 unspecified atom stereocenters. The molecule has 6 nitrogen and oxygen atoms in total. The molecule has 9 aromatic rings. The molecule has 1 aromatic heterocycles. The van der Waals surface area contributed by atoms with Crippen molar-refractivity contribution < 1.29 is 29.9 Å². The maximum Gasteiger partial charge on any atom is 0.204 e. The maximum absolute atomic E-state index is 11.4. The number of hydrogen-bond acceptors (Lipinski definition) is 6. The zero-order valence-corrected chi connectivity index (χ0v) is 27.3. The van der Waals surface area contributed by atoms with E-state index in [1.807, 2.05) is 78.9 Å². The highest BCUT2D eigenvalue weighted by Gasteiger charge is 2.28. The van der Waals surface area contributed by atoms with Crippen LogP contribution in [-0.2, 0) is 0 Å². The molecular formula is C44H29BO6. The summed E-state index contributed by atoms with van der Waals surface area (Å²) in [5.41, 5.74) is 8.00. The third kappa shape index (κ3) is 4.52. The van der Waals surface area contributed by atoms with Crippen LogP contribution in [0.2, 0.25) is 0 Å². The Morgan fingerprint density at radius 2 is 0.961 bits per heavy atom. The van der Waals surface area contributed by atoms with Gasteiger partial charge in [0.15, 0.2) is 11.5 Å². The first-order chi connectivity index (χ1) is 24.8. The topological polar surface area (TPSA) is 114 Å². The minimum absolute atomic E-state index is 0.198. The summed E-state index contributed by atoms with van der Waals surface area (Å²) in [7, 11) is 1.60. The molecule has 8 aromatic carbocycles. The number of phenolic OH excluding ortho intramolecular Hbond substituents is 5. The SMILES string of the molecule is Bc1c(O)c(O)c(O)c(O)c1-c1ccc2oc3ccccc3c2c1-c1c2ccccc2c(-c2cccc(-c3ccc(O)cc3)c2)c2ccccc12. The smallest absolute Gasteiger partial charge is 0.204 e. The Morgan fingerprint density at radius 1 is 0.392 bits per heavy atom. The van der Waals surface area contributed by atoms with Gasteiger partial charge in [-0.05, 0) is 96.8 Å². The number of para-hydroxylation sites is 1. The summed E-state index contributed by atoms with van der Waals surface area (Å²) in [5.74, 6) is -2.41. The second-order valence-corrected chi connectivity index (χ2v) is 12.8. The first kappa shape index (κ1) is 30.2. The van der Waals surface area contributed by atoms with E-state index in [4.69, 9.17) is 4.42 Å². The zero-order chi connectivity index (χ0) is 35.0. The summed E-state index contributed by atoms with van der Waals surface area (Å²) in [6, 6.07) is 43.5. The quantitative estimate of drug-likeness (QED) is 0.0555. The largest absolute Gasteiger partial charge is 0.508 e. The van der Waals surface area contributed by atoms with E-state index in [2.05, 4.69) is 42.5 Å². The molecule has 0 saturated carbocycles. The Bertz CT molecular complexity index is 2790. The van der Waals surface area contributed by atoms with Crippen LogP contribution in [0.25, 0.3) is 88.0 Å². The first-order valence-corrected chi connectivity index (χ1v) is 16.6. The molecule has 9 rings (SSSR count). The van der Waals surface area contributed by atoms with E-state index in [0.29, 0.717) is 16.7 Å². The summed E-state index contributed by atoms with van der Waals surface area (Å²) in [6.07, 6.45) is 0. The van der Waals surface area contributed by atoms with Crippen molar-refractivity contribution in [1.82, 2.24) is 0 Å². The molecule has 0 aliphatic rings. The van der Waals surface area contributed by atoms with Gasteiger partial charge in [-0.2, -0.15) is 0 Å². The van der Waals surface area contributed by atoms with Crippen LogP contribution < -0.4 is 5.46 Å². The molecule has 0 radical (unpaired) electrons. The van der Waals surface area contributed by atoms with Crippen LogP contribution in [0.4, 0.5) is 0 Å². The Hall–Kier alpha value is -6.86. The van der Waals surface area contributed by atoms with Crippen molar-refractivity contribution >= 4 is 56.8 Å². The summed E-state index contributed by atoms with van der Waals surface area (Å²) >= 11 is 0. The molecule has 0 fully saturated rings. The van der Waals surface area contributed by atoms with Gasteiger partial charge in [0.1, 0.15) is 24.8 Å². The van der Waals surface area contributed by atoms with E-state index in [9.17, 15) is 25.5 Å². The molecule has 0 amide bonds. The zero-order valence-electron chi connectivity index (χ0n) is 27.3. The lowest BCUT2D eigenvalue weighted by molar-refractivity contribution is 0.348. The Balaban J connectivity index is 1.45. The Morgan fingerprint density at radius 3 is 1.63 bits per heavy atom. The monoisotopic (exact) mass is 664 g/mol. The van der Waals surface area contributed by atoms with Crippen LogP contribution in [0.1, 0.15) is 0 Å². The molecule has 0 spiro atoms. The minimum Gasteiger partial charge on any atom is -0.508 e. The van der Waals surface area contributed by atoms with Gasteiger partial charge < -0.3 is 29.9 Å². The third-order valence-electron chi connectivity index (χ3n) is 9.99. The van der Waals surface area contributed by atoms with Crippen molar-refractivity contribution in [3.8, 4) is 73.3 Å². The molecule has 1 heterocycles. The van der Waals surface area contributed by atoms with Crippen LogP contribution in [0.3, 0.4) is 0 Å². The van der Waals surface area contributed by atoms with Crippen molar-refractivity contribution in [2.24, 2.45) is 0 Å². The van der Waals surface area contributed by atoms with Crippen molar-refractivity contribution in [3.05, 3.63) is 133 Å². The number of phenols is 5. The van der Waals surface area contributed by atoms with E-state index in [1.165, 1.54) is 0 Å². The van der Waals surface area contributed by atoms with Crippen molar-refractivity contribution in [2.45, 2.75) is 0 Å². The molecule has 0 bridgehead atoms. The van der Waals surface area contributed by atoms with E-state index in [-0.39, 0.29) is 16.8 Å². The van der Waals surface area contributed by atoms with Crippen LogP contribution in [0.15, 0.2) is 138 Å². The molecule has 244 valence electrons. The van der Waals surface area contributed by atoms with Crippen molar-refractivity contribution in [2.75, 3.05) is 0 Å². The molecule has 0 aliphatic heterocycles. The van der Waals surface area contributed by atoms with Gasteiger partial charge in [-0.1, -0.05) is 97.1 Å². The second-order valence-electron chi connectivity index (χ2n) is 12.8. The number of hydrogen-bond donors (Lipinski definition) is 5. The van der Waals surface area contributed by atoms with Gasteiger partial charge in [0.05, 0.1) is 0 Å². The van der Waals surface area contributed by atoms with Gasteiger partial charge >= 0.3 is 0 Å². The molecule has 51 heavy (non-hydrogen) atoms. The van der Waals surface area contributed by atoms with E-state index >= 15 is 0 Å². The molecule has 0 atom stereocenters. The minimum atomic E-state index is -0.797. The fourth-order valence-corrected chi connectivity index (χ4v) is 7.65. The van der Waals surface area contributed by atoms with Gasteiger partial charge in [0.25, 0.3) is 0 Å². The predicted molar refractivity (Wildman–Crippen MR) is 207 cm³/mol. The summed E-state index contributed by atoms with van der Waals surface area (Å²) < 4.78 is 6.40. The lowest BCUT2D eigenvalue weighted by Gasteiger charge is -2.22. The fourth-order valence-electron chi connectivity index (χ4n) is 7.65. The molecule has 7 heteroatoms. The van der Waals surface area contributed by atoms with Gasteiger partial charge in [-0.3, -0.25) is 0 Å². The lowest BCUT2D eigenvalue weighted by atomic mass is 9.78. The summed E-state index contributed by atoms with van der Waals surface area (Å²) in [4.78, 5) is 0. The van der Waals surface area contributed by atoms with Crippen molar-refractivity contribution in [3.63, 3.8) is 0 Å². The molecule has 0 saturated heterocycles. The number of rotatable bonds is 4. The highest BCUT2D eigenvalue weighted by molar-refractivity contribution is 6.40. The Kier molecular flexibility index (Phi) is 6.73. The lowest BCUT2D eigenvalue weighted by Crippen LogP contribution is -2.09. The predicted octanol–water partition coefficient (Wildman–Crippen LogP) is 9.35. The number of furan rings is 1. The second kappa shape index (κ2) is 11.4. The van der Waals surface area contributed by atoms with E-state index in [0.717, 1.165) is 65.7 Å². The molecule has 0 aliphatic carbocycles. The van der Waals surface area contributed by atoms with Crippen LogP contribution in [-0.4, -0.2) is 33.4 Å². The van der Waals surface area contributed by atoms with E-state index in [1.54, 1.807) is 20.0 Å². The standard InChI is InChI=1S/C44H29BO6/c45-40-39(41(47)43(49)44(50)42(40)48)32-20-21-34-37(31-14-5-6-15-33(31)51-34)38(32)36-29-12-3-1-10-27(29)35(28-11-2-4-13-30(28)36)25-9-7-8-24(22-25)23-16-18-26(46)19-17-23/h1-22,46-50H,45H2. The fraction of sp³-hybridized carbons (Fsp3) is 0. The normalized spacial score (nSPS) is 11.6. The van der Waals surface area contributed by atoms with Gasteiger partial charge in [-0.15, -0.1) is 0 Å². The highest BCUT2D eigenvalue weighted by atomic mass is 16.3. The molecular weight excluding hydrogens is 635 g/mol. The summed E-state index contributed by atoms with van der Waals surface area (Å²) in [5, 5.41) is 59.1. The number of benzene rings is 8. The average Bonchev–Trinajstić information content (AvgIpc) is 3.55. The number of aromatic hydroxyl groups is 5. The van der Waals surface area contributed by atoms with Gasteiger partial charge in [-0.25, -0.2) is 0 Å². The van der Waals surface area contributed by atoms with Crippen LogP contribution in [0, 0.1) is 0 Å². The van der Waals surface area contributed by atoms with Crippen LogP contribution >= 0.6 is 0 Å². The Labute approximate surface area is 292 Å². The highest BCUT2D eigenvalue weighted by Crippen LogP contribution is 2.53. The summed E-state index contributed by atoms with van der Waals surface area (Å²) in [6.45, 7) is 0. The van der Waals surface area contributed by atoms with E-state index < -0.39 is 23.0 Å². The first-order valence-electron chi connectivity index (χ1n) is 16.6. The number of fused-ring (bicyclic) bond motifs is 5. The van der Waals surface area contributed by atoms with Gasteiger partial charge in [0, 0.05) is 21.9 Å². The average molecular weight is 665 g/mol. The third-order valence-corrected chi connectivity index (χ3v) is 9.99.